The normalized spacial score (nSPS) is 14.4. The van der Waals surface area contributed by atoms with Gasteiger partial charge in [0.2, 0.25) is 0 Å². The average molecular weight is 252 g/mol. The number of nitrogens with zero attached hydrogens (tertiary/aromatic N) is 3. The van der Waals surface area contributed by atoms with Gasteiger partial charge in [-0.25, -0.2) is 0 Å². The minimum absolute atomic E-state index is 0.0724. The number of nitro groups is 1. The standard InChI is InChI=1S/C10H12N4O4/c1-3-10(2,11)9-12-8(18-13-9)6-4-5-7(17-6)14(15)16/h4-5H,3,11H2,1-2H3. The van der Waals surface area contributed by atoms with E-state index in [1.165, 1.54) is 12.1 Å². The molecule has 0 saturated heterocycles. The number of nitrogens with two attached hydrogens (primary N) is 1. The molecule has 2 N–H and O–H groups in total. The largest absolute Gasteiger partial charge is 0.433 e. The van der Waals surface area contributed by atoms with Gasteiger partial charge >= 0.3 is 5.88 Å². The van der Waals surface area contributed by atoms with Crippen LogP contribution in [-0.4, -0.2) is 15.1 Å². The van der Waals surface area contributed by atoms with E-state index in [9.17, 15) is 10.1 Å². The second kappa shape index (κ2) is 4.22. The van der Waals surface area contributed by atoms with E-state index in [0.29, 0.717) is 12.2 Å². The minimum Gasteiger partial charge on any atom is -0.395 e. The lowest BCUT2D eigenvalue weighted by Crippen LogP contribution is -2.33. The van der Waals surface area contributed by atoms with Crippen LogP contribution in [0.4, 0.5) is 5.88 Å². The molecular weight excluding hydrogens is 240 g/mol. The first-order chi connectivity index (χ1) is 8.44. The van der Waals surface area contributed by atoms with Gasteiger partial charge in [0, 0.05) is 0 Å². The van der Waals surface area contributed by atoms with Crippen molar-refractivity contribution in [2.24, 2.45) is 5.73 Å². The molecule has 0 radical (unpaired) electrons. The van der Waals surface area contributed by atoms with E-state index in [-0.39, 0.29) is 17.5 Å². The summed E-state index contributed by atoms with van der Waals surface area (Å²) in [6.45, 7) is 3.67. The minimum atomic E-state index is -0.708. The Morgan fingerprint density at radius 2 is 2.28 bits per heavy atom. The molecule has 2 rings (SSSR count). The predicted octanol–water partition coefficient (Wildman–Crippen LogP) is 1.82. The molecule has 0 aliphatic rings. The fourth-order valence-electron chi connectivity index (χ4n) is 1.25. The van der Waals surface area contributed by atoms with Crippen molar-refractivity contribution in [3.63, 3.8) is 0 Å². The van der Waals surface area contributed by atoms with Crippen LogP contribution in [-0.2, 0) is 5.54 Å². The van der Waals surface area contributed by atoms with Crippen molar-refractivity contribution in [2.75, 3.05) is 0 Å². The number of hydrogen-bond acceptors (Lipinski definition) is 7. The molecule has 18 heavy (non-hydrogen) atoms. The lowest BCUT2D eigenvalue weighted by Gasteiger charge is -2.16. The van der Waals surface area contributed by atoms with Crippen LogP contribution in [0.2, 0.25) is 0 Å². The van der Waals surface area contributed by atoms with Crippen LogP contribution in [0.1, 0.15) is 26.1 Å². The highest BCUT2D eigenvalue weighted by Gasteiger charge is 2.27. The quantitative estimate of drug-likeness (QED) is 0.650. The Balaban J connectivity index is 2.32. The van der Waals surface area contributed by atoms with E-state index in [4.69, 9.17) is 14.7 Å². The van der Waals surface area contributed by atoms with Crippen LogP contribution < -0.4 is 5.73 Å². The third-order valence-electron chi connectivity index (χ3n) is 2.65. The van der Waals surface area contributed by atoms with Crippen LogP contribution in [0.15, 0.2) is 21.1 Å². The molecule has 0 aromatic carbocycles. The summed E-state index contributed by atoms with van der Waals surface area (Å²) in [5.74, 6) is 0.172. The summed E-state index contributed by atoms with van der Waals surface area (Å²) in [6, 6.07) is 2.62. The van der Waals surface area contributed by atoms with Crippen molar-refractivity contribution in [1.82, 2.24) is 10.1 Å². The maximum Gasteiger partial charge on any atom is 0.433 e. The Morgan fingerprint density at radius 1 is 1.56 bits per heavy atom. The van der Waals surface area contributed by atoms with Crippen LogP contribution in [0.5, 0.6) is 0 Å². The summed E-state index contributed by atoms with van der Waals surface area (Å²) in [6.07, 6.45) is 0.629. The first-order valence-electron chi connectivity index (χ1n) is 5.31. The van der Waals surface area contributed by atoms with E-state index in [1.54, 1.807) is 6.92 Å². The molecule has 96 valence electrons. The Bertz CT molecular complexity index is 572. The van der Waals surface area contributed by atoms with Gasteiger partial charge in [0.1, 0.15) is 4.92 Å². The summed E-state index contributed by atoms with van der Waals surface area (Å²) >= 11 is 0. The number of rotatable bonds is 4. The van der Waals surface area contributed by atoms with Gasteiger partial charge in [-0.2, -0.15) is 4.98 Å². The summed E-state index contributed by atoms with van der Waals surface area (Å²) in [4.78, 5) is 13.9. The molecule has 8 nitrogen and oxygen atoms in total. The van der Waals surface area contributed by atoms with Crippen molar-refractivity contribution in [3.05, 3.63) is 28.1 Å². The summed E-state index contributed by atoms with van der Waals surface area (Å²) in [5.41, 5.74) is 5.25. The van der Waals surface area contributed by atoms with E-state index in [1.807, 2.05) is 6.92 Å². The van der Waals surface area contributed by atoms with Gasteiger partial charge < -0.3 is 14.7 Å². The van der Waals surface area contributed by atoms with E-state index in [2.05, 4.69) is 10.1 Å². The smallest absolute Gasteiger partial charge is 0.395 e. The van der Waals surface area contributed by atoms with Crippen molar-refractivity contribution < 1.29 is 13.9 Å². The first kappa shape index (κ1) is 12.2. The third kappa shape index (κ3) is 2.09. The second-order valence-corrected chi connectivity index (χ2v) is 4.09. The molecule has 8 heteroatoms. The molecule has 2 aromatic rings. The van der Waals surface area contributed by atoms with Crippen molar-refractivity contribution in [2.45, 2.75) is 25.8 Å². The zero-order valence-corrected chi connectivity index (χ0v) is 9.91. The third-order valence-corrected chi connectivity index (χ3v) is 2.65. The van der Waals surface area contributed by atoms with Gasteiger partial charge in [0.05, 0.1) is 11.6 Å². The number of aromatic nitrogens is 2. The average Bonchev–Trinajstić information content (AvgIpc) is 2.97. The number of hydrogen-bond donors (Lipinski definition) is 1. The molecule has 0 spiro atoms. The van der Waals surface area contributed by atoms with Gasteiger partial charge in [-0.1, -0.05) is 12.1 Å². The van der Waals surface area contributed by atoms with Gasteiger partial charge in [0.25, 0.3) is 5.89 Å². The Labute approximate surface area is 102 Å². The fourth-order valence-corrected chi connectivity index (χ4v) is 1.25. The number of furan rings is 1. The molecule has 0 bridgehead atoms. The zero-order chi connectivity index (χ0) is 13.3. The summed E-state index contributed by atoms with van der Waals surface area (Å²) in [7, 11) is 0. The van der Waals surface area contributed by atoms with Gasteiger partial charge in [-0.3, -0.25) is 10.1 Å². The molecule has 0 aliphatic carbocycles. The second-order valence-electron chi connectivity index (χ2n) is 4.09. The SMILES string of the molecule is CCC(C)(N)c1noc(-c2ccc([N+](=O)[O-])o2)n1. The zero-order valence-electron chi connectivity index (χ0n) is 9.91. The van der Waals surface area contributed by atoms with E-state index in [0.717, 1.165) is 0 Å². The highest BCUT2D eigenvalue weighted by atomic mass is 16.6. The molecular formula is C10H12N4O4. The molecule has 2 heterocycles. The van der Waals surface area contributed by atoms with Gasteiger partial charge in [-0.05, 0) is 19.4 Å². The molecule has 0 saturated carbocycles. The molecule has 0 amide bonds. The molecule has 1 unspecified atom stereocenters. The Kier molecular flexibility index (Phi) is 2.87. The van der Waals surface area contributed by atoms with E-state index < -0.39 is 10.5 Å². The van der Waals surface area contributed by atoms with Crippen LogP contribution in [0.3, 0.4) is 0 Å². The Morgan fingerprint density at radius 3 is 2.83 bits per heavy atom. The van der Waals surface area contributed by atoms with Crippen LogP contribution in [0.25, 0.3) is 11.7 Å². The fraction of sp³-hybridized carbons (Fsp3) is 0.400. The van der Waals surface area contributed by atoms with Crippen molar-refractivity contribution >= 4 is 5.88 Å². The van der Waals surface area contributed by atoms with Crippen molar-refractivity contribution in [1.29, 1.82) is 0 Å². The maximum absolute atomic E-state index is 10.5. The monoisotopic (exact) mass is 252 g/mol. The first-order valence-corrected chi connectivity index (χ1v) is 5.31. The summed E-state index contributed by atoms with van der Waals surface area (Å²) in [5, 5.41) is 14.2. The molecule has 0 aliphatic heterocycles. The van der Waals surface area contributed by atoms with E-state index >= 15 is 0 Å². The molecule has 0 fully saturated rings. The lowest BCUT2D eigenvalue weighted by molar-refractivity contribution is -0.401. The lowest BCUT2D eigenvalue weighted by atomic mass is 10.0. The molecule has 2 aromatic heterocycles. The van der Waals surface area contributed by atoms with Gasteiger partial charge in [-0.15, -0.1) is 0 Å². The maximum atomic E-state index is 10.5. The van der Waals surface area contributed by atoms with Crippen molar-refractivity contribution in [3.8, 4) is 11.7 Å². The molecule has 1 atom stereocenters. The summed E-state index contributed by atoms with van der Waals surface area (Å²) < 4.78 is 9.93. The van der Waals surface area contributed by atoms with Crippen LogP contribution in [0, 0.1) is 10.1 Å². The highest BCUT2D eigenvalue weighted by Crippen LogP contribution is 2.26. The Hall–Kier alpha value is -2.22. The highest BCUT2D eigenvalue weighted by molar-refractivity contribution is 5.46. The predicted molar refractivity (Wildman–Crippen MR) is 60.5 cm³/mol. The van der Waals surface area contributed by atoms with Gasteiger partial charge in [0.15, 0.2) is 11.6 Å². The topological polar surface area (TPSA) is 121 Å². The van der Waals surface area contributed by atoms with Crippen LogP contribution >= 0.6 is 0 Å².